The van der Waals surface area contributed by atoms with Gasteiger partial charge >= 0.3 is 0 Å². The van der Waals surface area contributed by atoms with Crippen LogP contribution in [0.5, 0.6) is 0 Å². The smallest absolute Gasteiger partial charge is 0.262 e. The number of nitrogens with zero attached hydrogens (tertiary/aromatic N) is 2. The number of benzene rings is 2. The first-order valence-electron chi connectivity index (χ1n) is 8.80. The lowest BCUT2D eigenvalue weighted by atomic mass is 10.2. The lowest BCUT2D eigenvalue weighted by Gasteiger charge is -2.12. The van der Waals surface area contributed by atoms with Gasteiger partial charge in [0.25, 0.3) is 5.56 Å². The summed E-state index contributed by atoms with van der Waals surface area (Å²) in [7, 11) is 1.56. The summed E-state index contributed by atoms with van der Waals surface area (Å²) in [5.41, 5.74) is 6.52. The van der Waals surface area contributed by atoms with Crippen LogP contribution in [0.4, 0.5) is 5.69 Å². The predicted octanol–water partition coefficient (Wildman–Crippen LogP) is 1.87. The van der Waals surface area contributed by atoms with Crippen molar-refractivity contribution in [3.05, 3.63) is 64.4 Å². The second kappa shape index (κ2) is 9.35. The molecule has 3 aromatic rings. The number of ether oxygens (including phenoxy) is 1. The number of hydrogen-bond donors (Lipinski definition) is 2. The Balaban J connectivity index is 1.75. The van der Waals surface area contributed by atoms with Gasteiger partial charge in [-0.2, -0.15) is 0 Å². The molecule has 0 aliphatic rings. The van der Waals surface area contributed by atoms with E-state index in [0.717, 1.165) is 0 Å². The molecule has 0 bridgehead atoms. The summed E-state index contributed by atoms with van der Waals surface area (Å²) in [5.74, 6) is -0.729. The van der Waals surface area contributed by atoms with Gasteiger partial charge in [0, 0.05) is 18.4 Å². The third-order valence-corrected chi connectivity index (χ3v) is 5.11. The molecule has 1 aromatic heterocycles. The monoisotopic (exact) mass is 412 g/mol. The van der Waals surface area contributed by atoms with Crippen LogP contribution >= 0.6 is 11.8 Å². The SMILES string of the molecule is COCCn1c(SCC(=O)Nc2ccc(C(N)=O)cc2)nc2ccccc2c1=O. The van der Waals surface area contributed by atoms with Crippen molar-refractivity contribution in [2.75, 3.05) is 24.8 Å². The number of aromatic nitrogens is 2. The standard InChI is InChI=1S/C20H20N4O4S/c1-28-11-10-24-19(27)15-4-2-3-5-16(15)23-20(24)29-12-17(25)22-14-8-6-13(7-9-14)18(21)26/h2-9H,10-12H2,1H3,(H2,21,26)(H,22,25). The normalized spacial score (nSPS) is 10.8. The molecule has 0 aliphatic heterocycles. The second-order valence-corrected chi connectivity index (χ2v) is 7.08. The van der Waals surface area contributed by atoms with Crippen LogP contribution in [0.15, 0.2) is 58.5 Å². The first-order valence-corrected chi connectivity index (χ1v) is 9.79. The van der Waals surface area contributed by atoms with Crippen molar-refractivity contribution >= 4 is 40.2 Å². The molecule has 0 atom stereocenters. The summed E-state index contributed by atoms with van der Waals surface area (Å²) < 4.78 is 6.61. The van der Waals surface area contributed by atoms with Crippen LogP contribution in [-0.2, 0) is 16.1 Å². The van der Waals surface area contributed by atoms with Crippen molar-refractivity contribution in [3.8, 4) is 0 Å². The number of anilines is 1. The van der Waals surface area contributed by atoms with E-state index in [2.05, 4.69) is 10.3 Å². The molecule has 1 heterocycles. The largest absolute Gasteiger partial charge is 0.383 e. The Labute approximate surface area is 171 Å². The fraction of sp³-hybridized carbons (Fsp3) is 0.200. The molecule has 8 nitrogen and oxygen atoms in total. The number of fused-ring (bicyclic) bond motifs is 1. The number of carbonyl (C=O) groups is 2. The zero-order valence-electron chi connectivity index (χ0n) is 15.8. The van der Waals surface area contributed by atoms with Gasteiger partial charge in [-0.25, -0.2) is 4.98 Å². The number of thioether (sulfide) groups is 1. The highest BCUT2D eigenvalue weighted by molar-refractivity contribution is 7.99. The molecule has 2 aromatic carbocycles. The quantitative estimate of drug-likeness (QED) is 0.431. The number of amides is 2. The molecule has 29 heavy (non-hydrogen) atoms. The fourth-order valence-corrected chi connectivity index (χ4v) is 3.51. The highest BCUT2D eigenvalue weighted by atomic mass is 32.2. The molecule has 0 aliphatic carbocycles. The summed E-state index contributed by atoms with van der Waals surface area (Å²) in [6.07, 6.45) is 0. The minimum Gasteiger partial charge on any atom is -0.383 e. The lowest BCUT2D eigenvalue weighted by Crippen LogP contribution is -2.26. The molecule has 0 saturated heterocycles. The molecule has 0 fully saturated rings. The summed E-state index contributed by atoms with van der Waals surface area (Å²) in [5, 5.41) is 3.71. The summed E-state index contributed by atoms with van der Waals surface area (Å²) >= 11 is 1.17. The van der Waals surface area contributed by atoms with E-state index in [-0.39, 0.29) is 17.2 Å². The lowest BCUT2D eigenvalue weighted by molar-refractivity contribution is -0.113. The van der Waals surface area contributed by atoms with E-state index >= 15 is 0 Å². The average molecular weight is 412 g/mol. The third kappa shape index (κ3) is 5.01. The summed E-state index contributed by atoms with van der Waals surface area (Å²) in [4.78, 5) is 40.8. The average Bonchev–Trinajstić information content (AvgIpc) is 2.72. The molecule has 0 spiro atoms. The Morgan fingerprint density at radius 2 is 1.90 bits per heavy atom. The Bertz CT molecular complexity index is 1100. The van der Waals surface area contributed by atoms with Crippen molar-refractivity contribution in [1.82, 2.24) is 9.55 Å². The number of nitrogens with one attached hydrogen (secondary N) is 1. The van der Waals surface area contributed by atoms with Gasteiger partial charge < -0.3 is 15.8 Å². The van der Waals surface area contributed by atoms with Gasteiger partial charge in [0.15, 0.2) is 5.16 Å². The van der Waals surface area contributed by atoms with E-state index in [0.29, 0.717) is 40.5 Å². The number of hydrogen-bond acceptors (Lipinski definition) is 6. The van der Waals surface area contributed by atoms with Gasteiger partial charge in [0.1, 0.15) is 0 Å². The molecular weight excluding hydrogens is 392 g/mol. The predicted molar refractivity (Wildman–Crippen MR) is 112 cm³/mol. The highest BCUT2D eigenvalue weighted by Crippen LogP contribution is 2.18. The first kappa shape index (κ1) is 20.6. The number of methoxy groups -OCH3 is 1. The van der Waals surface area contributed by atoms with Crippen molar-refractivity contribution in [1.29, 1.82) is 0 Å². The molecule has 0 radical (unpaired) electrons. The molecule has 0 unspecified atom stereocenters. The van der Waals surface area contributed by atoms with E-state index in [9.17, 15) is 14.4 Å². The first-order chi connectivity index (χ1) is 14.0. The maximum Gasteiger partial charge on any atom is 0.262 e. The molecule has 9 heteroatoms. The topological polar surface area (TPSA) is 116 Å². The van der Waals surface area contributed by atoms with Crippen LogP contribution in [0.25, 0.3) is 10.9 Å². The maximum atomic E-state index is 12.8. The van der Waals surface area contributed by atoms with Gasteiger partial charge in [-0.05, 0) is 36.4 Å². The number of rotatable bonds is 8. The van der Waals surface area contributed by atoms with E-state index in [1.807, 2.05) is 6.07 Å². The van der Waals surface area contributed by atoms with E-state index in [1.165, 1.54) is 16.3 Å². The van der Waals surface area contributed by atoms with E-state index < -0.39 is 5.91 Å². The van der Waals surface area contributed by atoms with E-state index in [1.54, 1.807) is 49.6 Å². The van der Waals surface area contributed by atoms with Gasteiger partial charge in [-0.1, -0.05) is 23.9 Å². The Hall–Kier alpha value is -3.17. The third-order valence-electron chi connectivity index (χ3n) is 4.13. The van der Waals surface area contributed by atoms with Crippen molar-refractivity contribution in [2.24, 2.45) is 5.73 Å². The van der Waals surface area contributed by atoms with Crippen LogP contribution in [0.2, 0.25) is 0 Å². The highest BCUT2D eigenvalue weighted by Gasteiger charge is 2.13. The van der Waals surface area contributed by atoms with Crippen molar-refractivity contribution < 1.29 is 14.3 Å². The fourth-order valence-electron chi connectivity index (χ4n) is 2.68. The zero-order chi connectivity index (χ0) is 20.8. The number of nitrogens with two attached hydrogens (primary N) is 1. The van der Waals surface area contributed by atoms with Crippen LogP contribution in [-0.4, -0.2) is 40.8 Å². The van der Waals surface area contributed by atoms with Crippen LogP contribution in [0.1, 0.15) is 10.4 Å². The molecule has 3 N–H and O–H groups in total. The summed E-state index contributed by atoms with van der Waals surface area (Å²) in [6, 6.07) is 13.4. The molecule has 0 saturated carbocycles. The van der Waals surface area contributed by atoms with Crippen molar-refractivity contribution in [3.63, 3.8) is 0 Å². The minimum absolute atomic E-state index is 0.0648. The zero-order valence-corrected chi connectivity index (χ0v) is 16.6. The van der Waals surface area contributed by atoms with Gasteiger partial charge in [0.2, 0.25) is 11.8 Å². The second-order valence-electron chi connectivity index (χ2n) is 6.14. The van der Waals surface area contributed by atoms with Gasteiger partial charge in [-0.15, -0.1) is 0 Å². The Morgan fingerprint density at radius 1 is 1.17 bits per heavy atom. The minimum atomic E-state index is -0.533. The molecule has 3 rings (SSSR count). The number of carbonyl (C=O) groups excluding carboxylic acids is 2. The van der Waals surface area contributed by atoms with Crippen LogP contribution in [0.3, 0.4) is 0 Å². The molecular formula is C20H20N4O4S. The van der Waals surface area contributed by atoms with Crippen molar-refractivity contribution in [2.45, 2.75) is 11.7 Å². The molecule has 150 valence electrons. The number of para-hydroxylation sites is 1. The van der Waals surface area contributed by atoms with Gasteiger partial charge in [0.05, 0.1) is 29.8 Å². The Morgan fingerprint density at radius 3 is 2.59 bits per heavy atom. The summed E-state index contributed by atoms with van der Waals surface area (Å²) in [6.45, 7) is 0.692. The maximum absolute atomic E-state index is 12.8. The molecule has 2 amide bonds. The Kier molecular flexibility index (Phi) is 6.63. The van der Waals surface area contributed by atoms with Crippen LogP contribution < -0.4 is 16.6 Å². The van der Waals surface area contributed by atoms with E-state index in [4.69, 9.17) is 10.5 Å². The van der Waals surface area contributed by atoms with Crippen LogP contribution in [0, 0.1) is 0 Å². The number of primary amides is 1. The van der Waals surface area contributed by atoms with Gasteiger partial charge in [-0.3, -0.25) is 19.0 Å².